The van der Waals surface area contributed by atoms with Gasteiger partial charge in [-0.1, -0.05) is 18.6 Å². The maximum atomic E-state index is 13.0. The maximum absolute atomic E-state index is 13.0. The van der Waals surface area contributed by atoms with Crippen LogP contribution in [0.1, 0.15) is 48.0 Å². The SMILES string of the molecule is Cc1ccc(S(=O)(=O)N2CCCCC2)cc1C(=O)Nc1cccc(S(=O)(=O)N2CCCC2)c1. The van der Waals surface area contributed by atoms with Crippen molar-refractivity contribution in [3.63, 3.8) is 0 Å². The number of carbonyl (C=O) groups excluding carboxylic acids is 1. The first-order chi connectivity index (χ1) is 15.7. The van der Waals surface area contributed by atoms with E-state index in [1.165, 1.54) is 32.9 Å². The minimum absolute atomic E-state index is 0.0884. The predicted octanol–water partition coefficient (Wildman–Crippen LogP) is 3.21. The molecule has 33 heavy (non-hydrogen) atoms. The normalized spacial score (nSPS) is 18.3. The van der Waals surface area contributed by atoms with Crippen LogP contribution in [0.3, 0.4) is 0 Å². The van der Waals surface area contributed by atoms with Gasteiger partial charge in [0.2, 0.25) is 20.0 Å². The van der Waals surface area contributed by atoms with Crippen LogP contribution in [-0.4, -0.2) is 57.5 Å². The summed E-state index contributed by atoms with van der Waals surface area (Å²) in [5, 5.41) is 2.73. The van der Waals surface area contributed by atoms with Crippen LogP contribution < -0.4 is 5.32 Å². The highest BCUT2D eigenvalue weighted by molar-refractivity contribution is 7.89. The fourth-order valence-electron chi connectivity index (χ4n) is 4.27. The first kappa shape index (κ1) is 23.9. The second-order valence-electron chi connectivity index (χ2n) is 8.53. The second-order valence-corrected chi connectivity index (χ2v) is 12.4. The molecule has 2 aliphatic rings. The maximum Gasteiger partial charge on any atom is 0.255 e. The van der Waals surface area contributed by atoms with Gasteiger partial charge in [0.1, 0.15) is 0 Å². The minimum atomic E-state index is -3.67. The summed E-state index contributed by atoms with van der Waals surface area (Å²) in [4.78, 5) is 13.2. The van der Waals surface area contributed by atoms with Gasteiger partial charge in [-0.2, -0.15) is 8.61 Å². The number of amides is 1. The summed E-state index contributed by atoms with van der Waals surface area (Å²) in [6.45, 7) is 3.69. The van der Waals surface area contributed by atoms with Gasteiger partial charge in [0.15, 0.2) is 0 Å². The van der Waals surface area contributed by atoms with Crippen LogP contribution in [0.4, 0.5) is 5.69 Å². The number of sulfonamides is 2. The lowest BCUT2D eigenvalue weighted by Gasteiger charge is -2.26. The van der Waals surface area contributed by atoms with E-state index in [-0.39, 0.29) is 15.4 Å². The lowest BCUT2D eigenvalue weighted by molar-refractivity contribution is 0.102. The zero-order valence-electron chi connectivity index (χ0n) is 18.7. The van der Waals surface area contributed by atoms with Crippen molar-refractivity contribution in [2.24, 2.45) is 0 Å². The van der Waals surface area contributed by atoms with E-state index in [0.29, 0.717) is 37.4 Å². The molecule has 178 valence electrons. The molecule has 2 fully saturated rings. The van der Waals surface area contributed by atoms with Gasteiger partial charge in [0, 0.05) is 37.4 Å². The fourth-order valence-corrected chi connectivity index (χ4v) is 7.38. The van der Waals surface area contributed by atoms with E-state index in [4.69, 9.17) is 0 Å². The van der Waals surface area contributed by atoms with Crippen LogP contribution in [-0.2, 0) is 20.0 Å². The zero-order valence-corrected chi connectivity index (χ0v) is 20.3. The smallest absolute Gasteiger partial charge is 0.255 e. The lowest BCUT2D eigenvalue weighted by Crippen LogP contribution is -2.35. The molecule has 0 spiro atoms. The first-order valence-corrected chi connectivity index (χ1v) is 14.1. The number of benzene rings is 2. The molecular weight excluding hydrogens is 462 g/mol. The molecule has 0 atom stereocenters. The molecule has 0 bridgehead atoms. The number of piperidine rings is 1. The summed E-state index contributed by atoms with van der Waals surface area (Å²) >= 11 is 0. The third-order valence-electron chi connectivity index (χ3n) is 6.20. The van der Waals surface area contributed by atoms with Crippen LogP contribution >= 0.6 is 0 Å². The van der Waals surface area contributed by atoms with Crippen LogP contribution in [0, 0.1) is 6.92 Å². The van der Waals surface area contributed by atoms with Crippen LogP contribution in [0.25, 0.3) is 0 Å². The molecule has 4 rings (SSSR count). The Morgan fingerprint density at radius 2 is 1.30 bits per heavy atom. The zero-order chi connectivity index (χ0) is 23.6. The van der Waals surface area contributed by atoms with Gasteiger partial charge in [-0.3, -0.25) is 4.79 Å². The Hall–Kier alpha value is -2.27. The monoisotopic (exact) mass is 491 g/mol. The summed E-state index contributed by atoms with van der Waals surface area (Å²) in [6, 6.07) is 10.7. The number of anilines is 1. The molecule has 2 aromatic carbocycles. The lowest BCUT2D eigenvalue weighted by atomic mass is 10.1. The second kappa shape index (κ2) is 9.54. The molecule has 8 nitrogen and oxygen atoms in total. The summed E-state index contributed by atoms with van der Waals surface area (Å²) in [6.07, 6.45) is 4.35. The van der Waals surface area contributed by atoms with E-state index in [1.807, 2.05) is 0 Å². The van der Waals surface area contributed by atoms with E-state index in [9.17, 15) is 21.6 Å². The summed E-state index contributed by atoms with van der Waals surface area (Å²) in [5.74, 6) is -0.487. The molecule has 2 heterocycles. The van der Waals surface area contributed by atoms with Crippen LogP contribution in [0.5, 0.6) is 0 Å². The Kier molecular flexibility index (Phi) is 6.90. The van der Waals surface area contributed by atoms with Crippen molar-refractivity contribution in [3.8, 4) is 0 Å². The summed E-state index contributed by atoms with van der Waals surface area (Å²) < 4.78 is 54.7. The van der Waals surface area contributed by atoms with Gasteiger partial charge in [0.05, 0.1) is 9.79 Å². The Balaban J connectivity index is 1.57. The quantitative estimate of drug-likeness (QED) is 0.668. The Labute approximate surface area is 195 Å². The van der Waals surface area contributed by atoms with E-state index in [2.05, 4.69) is 5.32 Å². The molecule has 2 aromatic rings. The highest BCUT2D eigenvalue weighted by atomic mass is 32.2. The van der Waals surface area contributed by atoms with Crippen molar-refractivity contribution in [2.45, 2.75) is 48.8 Å². The molecule has 0 aliphatic carbocycles. The number of rotatable bonds is 6. The average Bonchev–Trinajstić information content (AvgIpc) is 3.36. The van der Waals surface area contributed by atoms with Crippen molar-refractivity contribution in [1.29, 1.82) is 0 Å². The van der Waals surface area contributed by atoms with Crippen molar-refractivity contribution >= 4 is 31.6 Å². The van der Waals surface area contributed by atoms with E-state index in [0.717, 1.165) is 32.1 Å². The standard InChI is InChI=1S/C23H29N3O5S2/c1-18-10-11-21(33(30,31)25-12-3-2-4-13-25)17-22(18)23(27)24-19-8-7-9-20(16-19)32(28,29)26-14-5-6-15-26/h7-11,16-17H,2-6,12-15H2,1H3,(H,24,27). The fraction of sp³-hybridized carbons (Fsp3) is 0.435. The Bertz CT molecular complexity index is 1250. The molecule has 2 aliphatic heterocycles. The largest absolute Gasteiger partial charge is 0.322 e. The van der Waals surface area contributed by atoms with Crippen molar-refractivity contribution in [2.75, 3.05) is 31.5 Å². The molecule has 0 unspecified atom stereocenters. The average molecular weight is 492 g/mol. The number of carbonyl (C=O) groups is 1. The van der Waals surface area contributed by atoms with Crippen molar-refractivity contribution in [1.82, 2.24) is 8.61 Å². The molecule has 0 radical (unpaired) electrons. The van der Waals surface area contributed by atoms with Gasteiger partial charge in [-0.25, -0.2) is 16.8 Å². The Morgan fingerprint density at radius 1 is 0.758 bits per heavy atom. The van der Waals surface area contributed by atoms with Gasteiger partial charge in [0.25, 0.3) is 5.91 Å². The number of hydrogen-bond donors (Lipinski definition) is 1. The highest BCUT2D eigenvalue weighted by Gasteiger charge is 2.28. The topological polar surface area (TPSA) is 104 Å². The molecule has 1 N–H and O–H groups in total. The van der Waals surface area contributed by atoms with Crippen LogP contribution in [0.2, 0.25) is 0 Å². The number of nitrogens with one attached hydrogen (secondary N) is 1. The predicted molar refractivity (Wildman–Crippen MR) is 126 cm³/mol. The van der Waals surface area contributed by atoms with Gasteiger partial charge < -0.3 is 5.32 Å². The third-order valence-corrected chi connectivity index (χ3v) is 9.99. The molecule has 1 amide bonds. The van der Waals surface area contributed by atoms with Gasteiger partial charge in [-0.05, 0) is 68.5 Å². The molecule has 0 saturated carbocycles. The molecule has 0 aromatic heterocycles. The van der Waals surface area contributed by atoms with Gasteiger partial charge in [-0.15, -0.1) is 0 Å². The number of aryl methyl sites for hydroxylation is 1. The Morgan fingerprint density at radius 3 is 1.91 bits per heavy atom. The number of nitrogens with zero attached hydrogens (tertiary/aromatic N) is 2. The first-order valence-electron chi connectivity index (χ1n) is 11.2. The summed E-state index contributed by atoms with van der Waals surface area (Å²) in [7, 11) is -7.29. The molecular formula is C23H29N3O5S2. The van der Waals surface area contributed by atoms with Crippen molar-refractivity contribution < 1.29 is 21.6 Å². The van der Waals surface area contributed by atoms with Gasteiger partial charge >= 0.3 is 0 Å². The van der Waals surface area contributed by atoms with Crippen molar-refractivity contribution in [3.05, 3.63) is 53.6 Å². The van der Waals surface area contributed by atoms with E-state index >= 15 is 0 Å². The van der Waals surface area contributed by atoms with E-state index in [1.54, 1.807) is 25.1 Å². The molecule has 2 saturated heterocycles. The van der Waals surface area contributed by atoms with E-state index < -0.39 is 26.0 Å². The summed E-state index contributed by atoms with van der Waals surface area (Å²) in [5.41, 5.74) is 1.20. The van der Waals surface area contributed by atoms with Crippen LogP contribution in [0.15, 0.2) is 52.3 Å². The minimum Gasteiger partial charge on any atom is -0.322 e. The highest BCUT2D eigenvalue weighted by Crippen LogP contribution is 2.25. The molecule has 10 heteroatoms. The number of hydrogen-bond acceptors (Lipinski definition) is 5. The third kappa shape index (κ3) is 4.98.